The number of nitrogens with zero attached hydrogens (tertiary/aromatic N) is 1. The Hall–Kier alpha value is 0.906. The summed E-state index contributed by atoms with van der Waals surface area (Å²) in [4.78, 5) is 10.4. The minimum absolute atomic E-state index is 0. The zero-order valence-corrected chi connectivity index (χ0v) is 10.4. The van der Waals surface area contributed by atoms with Gasteiger partial charge in [0.2, 0.25) is 6.09 Å². The van der Waals surface area contributed by atoms with Crippen LogP contribution in [0.3, 0.4) is 0 Å². The molecule has 0 rings (SSSR count). The summed E-state index contributed by atoms with van der Waals surface area (Å²) in [6.07, 6.45) is -0.512. The van der Waals surface area contributed by atoms with E-state index in [1.165, 1.54) is 7.05 Å². The van der Waals surface area contributed by atoms with Crippen molar-refractivity contribution in [3.05, 3.63) is 5.32 Å². The summed E-state index contributed by atoms with van der Waals surface area (Å²) in [5.74, 6) is 0. The standard InChI is InChI=1S/C6H13NO2.K/c1-6(2,3)9-5(8)7-4;/h1-4H3,(H,7,8);/q;+1/p-1. The first-order chi connectivity index (χ1) is 3.95. The maximum Gasteiger partial charge on any atom is 1.00 e. The fourth-order valence-corrected chi connectivity index (χ4v) is 0.308. The molecule has 4 heteroatoms. The van der Waals surface area contributed by atoms with E-state index in [2.05, 4.69) is 5.32 Å². The summed E-state index contributed by atoms with van der Waals surface area (Å²) in [7, 11) is 1.41. The van der Waals surface area contributed by atoms with E-state index in [-0.39, 0.29) is 51.4 Å². The van der Waals surface area contributed by atoms with Gasteiger partial charge in [-0.15, -0.1) is 7.05 Å². The minimum Gasteiger partial charge on any atom is -0.620 e. The quantitative estimate of drug-likeness (QED) is 0.433. The van der Waals surface area contributed by atoms with Gasteiger partial charge in [0, 0.05) is 0 Å². The van der Waals surface area contributed by atoms with Gasteiger partial charge in [-0.25, -0.2) is 0 Å². The molecule has 0 saturated carbocycles. The van der Waals surface area contributed by atoms with E-state index in [0.29, 0.717) is 0 Å². The monoisotopic (exact) mass is 169 g/mol. The van der Waals surface area contributed by atoms with Crippen LogP contribution in [-0.4, -0.2) is 18.7 Å². The zero-order valence-electron chi connectivity index (χ0n) is 7.26. The molecule has 0 spiro atoms. The van der Waals surface area contributed by atoms with Gasteiger partial charge in [0.25, 0.3) is 0 Å². The van der Waals surface area contributed by atoms with Crippen molar-refractivity contribution in [2.24, 2.45) is 0 Å². The van der Waals surface area contributed by atoms with Crippen LogP contribution in [0, 0.1) is 0 Å². The predicted octanol–water partition coefficient (Wildman–Crippen LogP) is -1.07. The van der Waals surface area contributed by atoms with Crippen LogP contribution >= 0.6 is 0 Å². The molecule has 0 radical (unpaired) electrons. The van der Waals surface area contributed by atoms with Crippen molar-refractivity contribution < 1.29 is 60.9 Å². The first-order valence-corrected chi connectivity index (χ1v) is 2.78. The van der Waals surface area contributed by atoms with E-state index >= 15 is 0 Å². The Bertz CT molecular complexity index is 109. The van der Waals surface area contributed by atoms with Crippen molar-refractivity contribution in [1.29, 1.82) is 0 Å². The Balaban J connectivity index is 0. The van der Waals surface area contributed by atoms with Gasteiger partial charge in [0.15, 0.2) is 0 Å². The Morgan fingerprint density at radius 2 is 1.80 bits per heavy atom. The number of carbonyl (C=O) groups is 1. The average Bonchev–Trinajstić information content (AvgIpc) is 1.62. The molecular formula is C6H12KNO2. The second-order valence-electron chi connectivity index (χ2n) is 2.70. The molecule has 0 fully saturated rings. The van der Waals surface area contributed by atoms with Crippen LogP contribution in [0.1, 0.15) is 20.8 Å². The third-order valence-electron chi connectivity index (χ3n) is 0.576. The summed E-state index contributed by atoms with van der Waals surface area (Å²) in [6.45, 7) is 5.40. The molecular weight excluding hydrogens is 157 g/mol. The molecule has 1 amide bonds. The van der Waals surface area contributed by atoms with E-state index in [0.717, 1.165) is 0 Å². The van der Waals surface area contributed by atoms with Crippen molar-refractivity contribution in [2.75, 3.05) is 7.05 Å². The number of ether oxygens (including phenoxy) is 1. The average molecular weight is 169 g/mol. The summed E-state index contributed by atoms with van der Waals surface area (Å²) in [5.41, 5.74) is -0.420. The third-order valence-corrected chi connectivity index (χ3v) is 0.576. The van der Waals surface area contributed by atoms with E-state index in [1.807, 2.05) is 0 Å². The Morgan fingerprint density at radius 1 is 1.40 bits per heavy atom. The number of carbonyl (C=O) groups excluding carboxylic acids is 1. The molecule has 0 aromatic carbocycles. The second-order valence-corrected chi connectivity index (χ2v) is 2.70. The number of hydrogen-bond donors (Lipinski definition) is 0. The molecule has 0 bridgehead atoms. The molecule has 0 aliphatic carbocycles. The predicted molar refractivity (Wildman–Crippen MR) is 35.5 cm³/mol. The SMILES string of the molecule is C[N-]C(=O)OC(C)(C)C.[K+]. The summed E-state index contributed by atoms with van der Waals surface area (Å²) in [5, 5.41) is 3.31. The van der Waals surface area contributed by atoms with Gasteiger partial charge >= 0.3 is 51.4 Å². The number of hydrogen-bond acceptors (Lipinski definition) is 2. The molecule has 0 N–H and O–H groups in total. The molecule has 54 valence electrons. The normalized spacial score (nSPS) is 9.60. The van der Waals surface area contributed by atoms with Crippen LogP contribution < -0.4 is 51.4 Å². The topological polar surface area (TPSA) is 40.4 Å². The third kappa shape index (κ3) is 8.91. The van der Waals surface area contributed by atoms with Crippen molar-refractivity contribution >= 4 is 6.09 Å². The van der Waals surface area contributed by atoms with E-state index < -0.39 is 11.7 Å². The maximum absolute atomic E-state index is 10.4. The van der Waals surface area contributed by atoms with Crippen LogP contribution in [0.2, 0.25) is 0 Å². The smallest absolute Gasteiger partial charge is 0.620 e. The van der Waals surface area contributed by atoms with Crippen molar-refractivity contribution in [3.63, 3.8) is 0 Å². The van der Waals surface area contributed by atoms with Crippen molar-refractivity contribution in [1.82, 2.24) is 0 Å². The second kappa shape index (κ2) is 5.54. The van der Waals surface area contributed by atoms with Crippen LogP contribution in [0.4, 0.5) is 4.79 Å². The first kappa shape index (κ1) is 13.5. The van der Waals surface area contributed by atoms with Gasteiger partial charge in [-0.05, 0) is 20.8 Å². The molecule has 0 aliphatic heterocycles. The largest absolute Gasteiger partial charge is 1.00 e. The molecule has 0 aliphatic rings. The van der Waals surface area contributed by atoms with Crippen LogP contribution in [0.15, 0.2) is 0 Å². The van der Waals surface area contributed by atoms with Crippen molar-refractivity contribution in [2.45, 2.75) is 26.4 Å². The maximum atomic E-state index is 10.4. The molecule has 10 heavy (non-hydrogen) atoms. The summed E-state index contributed by atoms with van der Waals surface area (Å²) < 4.78 is 4.78. The van der Waals surface area contributed by atoms with Crippen molar-refractivity contribution in [3.8, 4) is 0 Å². The summed E-state index contributed by atoms with van der Waals surface area (Å²) >= 11 is 0. The molecule has 0 unspecified atom stereocenters. The van der Waals surface area contributed by atoms with Crippen LogP contribution in [0.5, 0.6) is 0 Å². The van der Waals surface area contributed by atoms with Gasteiger partial charge in [0.05, 0.1) is 0 Å². The number of rotatable bonds is 0. The number of amides is 1. The van der Waals surface area contributed by atoms with Crippen LogP contribution in [-0.2, 0) is 4.74 Å². The Morgan fingerprint density at radius 3 is 1.90 bits per heavy atom. The van der Waals surface area contributed by atoms with E-state index in [1.54, 1.807) is 20.8 Å². The fraction of sp³-hybridized carbons (Fsp3) is 0.833. The Kier molecular flexibility index (Phi) is 7.48. The molecule has 3 nitrogen and oxygen atoms in total. The van der Waals surface area contributed by atoms with E-state index in [4.69, 9.17) is 4.74 Å². The van der Waals surface area contributed by atoms with E-state index in [9.17, 15) is 4.79 Å². The molecule has 0 atom stereocenters. The van der Waals surface area contributed by atoms with Crippen LogP contribution in [0.25, 0.3) is 5.32 Å². The van der Waals surface area contributed by atoms with Gasteiger partial charge in [-0.3, -0.25) is 4.79 Å². The molecule has 0 saturated heterocycles. The molecule has 0 aromatic rings. The molecule has 0 heterocycles. The minimum atomic E-state index is -0.512. The molecule has 0 aromatic heterocycles. The van der Waals surface area contributed by atoms with Gasteiger partial charge in [-0.2, -0.15) is 0 Å². The van der Waals surface area contributed by atoms with Gasteiger partial charge in [-0.1, -0.05) is 0 Å². The Labute approximate surface area is 104 Å². The fourth-order valence-electron chi connectivity index (χ4n) is 0.308. The van der Waals surface area contributed by atoms with Gasteiger partial charge < -0.3 is 10.1 Å². The zero-order chi connectivity index (χ0) is 7.49. The summed E-state index contributed by atoms with van der Waals surface area (Å²) in [6, 6.07) is 0. The van der Waals surface area contributed by atoms with Gasteiger partial charge in [0.1, 0.15) is 5.60 Å². The first-order valence-electron chi connectivity index (χ1n) is 2.78.